The van der Waals surface area contributed by atoms with Crippen LogP contribution in [-0.2, 0) is 26.0 Å². The zero-order valence-electron chi connectivity index (χ0n) is 16.1. The molecule has 9 nitrogen and oxygen atoms in total. The SMILES string of the molecule is O=C(Cc1csc(N2CCCC2=O)n1)Nc1cccc(S(=O)(=O)NC2=NCCC2)c1. The highest BCUT2D eigenvalue weighted by Gasteiger charge is 2.24. The summed E-state index contributed by atoms with van der Waals surface area (Å²) in [6.45, 7) is 1.28. The van der Waals surface area contributed by atoms with Gasteiger partial charge in [-0.25, -0.2) is 13.4 Å². The van der Waals surface area contributed by atoms with E-state index in [9.17, 15) is 18.0 Å². The molecular formula is C19H21N5O4S2. The number of sulfonamides is 1. The molecule has 2 aliphatic heterocycles. The average molecular weight is 448 g/mol. The predicted molar refractivity (Wildman–Crippen MR) is 114 cm³/mol. The zero-order valence-corrected chi connectivity index (χ0v) is 17.8. The second kappa shape index (κ2) is 8.52. The number of hydrogen-bond acceptors (Lipinski definition) is 7. The van der Waals surface area contributed by atoms with Crippen molar-refractivity contribution >= 4 is 49.8 Å². The topological polar surface area (TPSA) is 121 Å². The van der Waals surface area contributed by atoms with Gasteiger partial charge < -0.3 is 5.32 Å². The number of anilines is 2. The normalized spacial score (nSPS) is 16.6. The third-order valence-corrected chi connectivity index (χ3v) is 7.03. The second-order valence-electron chi connectivity index (χ2n) is 7.06. The molecule has 2 N–H and O–H groups in total. The van der Waals surface area contributed by atoms with Gasteiger partial charge in [-0.15, -0.1) is 11.3 Å². The van der Waals surface area contributed by atoms with E-state index in [2.05, 4.69) is 20.0 Å². The van der Waals surface area contributed by atoms with Crippen LogP contribution in [0.1, 0.15) is 31.4 Å². The number of rotatable bonds is 6. The number of amides is 2. The Kier molecular flexibility index (Phi) is 5.82. The monoisotopic (exact) mass is 447 g/mol. The van der Waals surface area contributed by atoms with Crippen LogP contribution < -0.4 is 14.9 Å². The maximum Gasteiger partial charge on any atom is 0.262 e. The largest absolute Gasteiger partial charge is 0.326 e. The first-order valence-electron chi connectivity index (χ1n) is 9.61. The minimum atomic E-state index is -3.75. The molecule has 0 spiro atoms. The predicted octanol–water partition coefficient (Wildman–Crippen LogP) is 1.92. The molecule has 0 atom stereocenters. The van der Waals surface area contributed by atoms with Crippen LogP contribution in [0.15, 0.2) is 39.5 Å². The molecule has 2 aliphatic rings. The van der Waals surface area contributed by atoms with Gasteiger partial charge in [-0.3, -0.25) is 24.2 Å². The lowest BCUT2D eigenvalue weighted by Crippen LogP contribution is -2.29. The number of carbonyl (C=O) groups excluding carboxylic acids is 2. The molecule has 2 aromatic rings. The Hall–Kier alpha value is -2.79. The van der Waals surface area contributed by atoms with Crippen molar-refractivity contribution in [1.82, 2.24) is 9.71 Å². The van der Waals surface area contributed by atoms with E-state index in [1.54, 1.807) is 22.4 Å². The Labute approximate surface area is 178 Å². The summed E-state index contributed by atoms with van der Waals surface area (Å²) in [5, 5.41) is 5.07. The van der Waals surface area contributed by atoms with Crippen LogP contribution in [0.25, 0.3) is 0 Å². The Bertz CT molecular complexity index is 1110. The van der Waals surface area contributed by atoms with Gasteiger partial charge in [0.25, 0.3) is 10.0 Å². The van der Waals surface area contributed by atoms with Crippen molar-refractivity contribution in [3.8, 4) is 0 Å². The molecule has 4 rings (SSSR count). The highest BCUT2D eigenvalue weighted by molar-refractivity contribution is 7.90. The lowest BCUT2D eigenvalue weighted by Gasteiger charge is -2.10. The van der Waals surface area contributed by atoms with Crippen molar-refractivity contribution in [2.45, 2.75) is 37.0 Å². The summed E-state index contributed by atoms with van der Waals surface area (Å²) in [4.78, 5) is 34.4. The summed E-state index contributed by atoms with van der Waals surface area (Å²) in [5.74, 6) is 0.193. The van der Waals surface area contributed by atoms with Crippen LogP contribution in [0.3, 0.4) is 0 Å². The van der Waals surface area contributed by atoms with E-state index in [1.807, 2.05) is 0 Å². The Balaban J connectivity index is 1.40. The van der Waals surface area contributed by atoms with E-state index in [4.69, 9.17) is 0 Å². The molecule has 0 bridgehead atoms. The highest BCUT2D eigenvalue weighted by Crippen LogP contribution is 2.25. The molecule has 2 amide bonds. The van der Waals surface area contributed by atoms with Crippen molar-refractivity contribution in [2.24, 2.45) is 4.99 Å². The second-order valence-corrected chi connectivity index (χ2v) is 9.58. The number of thiazole rings is 1. The van der Waals surface area contributed by atoms with Gasteiger partial charge in [0, 0.05) is 37.0 Å². The van der Waals surface area contributed by atoms with Gasteiger partial charge in [0.15, 0.2) is 5.13 Å². The number of amidine groups is 1. The van der Waals surface area contributed by atoms with Gasteiger partial charge in [0.05, 0.1) is 17.0 Å². The van der Waals surface area contributed by atoms with Crippen molar-refractivity contribution in [2.75, 3.05) is 23.3 Å². The minimum Gasteiger partial charge on any atom is -0.326 e. The van der Waals surface area contributed by atoms with E-state index in [-0.39, 0.29) is 23.1 Å². The fraction of sp³-hybridized carbons (Fsp3) is 0.368. The van der Waals surface area contributed by atoms with Crippen LogP contribution in [0.5, 0.6) is 0 Å². The first-order chi connectivity index (χ1) is 14.4. The Morgan fingerprint density at radius 3 is 2.83 bits per heavy atom. The lowest BCUT2D eigenvalue weighted by atomic mass is 10.3. The number of nitrogens with one attached hydrogen (secondary N) is 2. The smallest absolute Gasteiger partial charge is 0.262 e. The first-order valence-corrected chi connectivity index (χ1v) is 12.0. The molecule has 0 saturated carbocycles. The summed E-state index contributed by atoms with van der Waals surface area (Å²) in [7, 11) is -3.75. The number of nitrogens with zero attached hydrogens (tertiary/aromatic N) is 3. The van der Waals surface area contributed by atoms with Crippen LogP contribution >= 0.6 is 11.3 Å². The summed E-state index contributed by atoms with van der Waals surface area (Å²) >= 11 is 1.33. The van der Waals surface area contributed by atoms with Gasteiger partial charge in [-0.1, -0.05) is 6.07 Å². The Morgan fingerprint density at radius 2 is 2.10 bits per heavy atom. The summed E-state index contributed by atoms with van der Waals surface area (Å²) < 4.78 is 27.5. The molecule has 11 heteroatoms. The van der Waals surface area contributed by atoms with E-state index in [0.717, 1.165) is 12.8 Å². The number of carbonyl (C=O) groups is 2. The van der Waals surface area contributed by atoms with Crippen LogP contribution in [0.4, 0.5) is 10.8 Å². The van der Waals surface area contributed by atoms with Gasteiger partial charge in [0.2, 0.25) is 11.8 Å². The van der Waals surface area contributed by atoms with E-state index >= 15 is 0 Å². The summed E-state index contributed by atoms with van der Waals surface area (Å²) in [6, 6.07) is 6.07. The lowest BCUT2D eigenvalue weighted by molar-refractivity contribution is -0.117. The highest BCUT2D eigenvalue weighted by atomic mass is 32.2. The van der Waals surface area contributed by atoms with Crippen molar-refractivity contribution in [1.29, 1.82) is 0 Å². The molecule has 1 saturated heterocycles. The quantitative estimate of drug-likeness (QED) is 0.701. The van der Waals surface area contributed by atoms with Crippen LogP contribution in [-0.4, -0.2) is 44.1 Å². The fourth-order valence-electron chi connectivity index (χ4n) is 3.30. The first kappa shape index (κ1) is 20.5. The van der Waals surface area contributed by atoms with Crippen molar-refractivity contribution < 1.29 is 18.0 Å². The average Bonchev–Trinajstić information content (AvgIpc) is 3.44. The summed E-state index contributed by atoms with van der Waals surface area (Å²) in [6.07, 6.45) is 2.81. The molecule has 3 heterocycles. The number of aromatic nitrogens is 1. The molecule has 1 aromatic carbocycles. The molecule has 1 fully saturated rings. The standard InChI is InChI=1S/C19H21N5O4S2/c25-17(11-14-12-29-19(22-14)24-9-3-7-18(24)26)21-13-4-1-5-15(10-13)30(27,28)23-16-6-2-8-20-16/h1,4-5,10,12H,2-3,6-9,11H2,(H,20,23)(H,21,25). The van der Waals surface area contributed by atoms with E-state index in [1.165, 1.54) is 23.5 Å². The third-order valence-electron chi connectivity index (χ3n) is 4.74. The van der Waals surface area contributed by atoms with Gasteiger partial charge in [-0.05, 0) is 31.0 Å². The van der Waals surface area contributed by atoms with Crippen molar-refractivity contribution in [3.63, 3.8) is 0 Å². The number of hydrogen-bond donors (Lipinski definition) is 2. The summed E-state index contributed by atoms with van der Waals surface area (Å²) in [5.41, 5.74) is 0.943. The van der Waals surface area contributed by atoms with Crippen LogP contribution in [0, 0.1) is 0 Å². The van der Waals surface area contributed by atoms with E-state index in [0.29, 0.717) is 48.3 Å². The third kappa shape index (κ3) is 4.68. The molecular weight excluding hydrogens is 426 g/mol. The zero-order chi connectivity index (χ0) is 21.1. The fourth-order valence-corrected chi connectivity index (χ4v) is 5.30. The molecule has 0 unspecified atom stereocenters. The molecule has 1 aromatic heterocycles. The molecule has 0 radical (unpaired) electrons. The maximum atomic E-state index is 12.5. The van der Waals surface area contributed by atoms with Crippen molar-refractivity contribution in [3.05, 3.63) is 35.3 Å². The maximum absolute atomic E-state index is 12.5. The number of benzene rings is 1. The van der Waals surface area contributed by atoms with Gasteiger partial charge >= 0.3 is 0 Å². The minimum absolute atomic E-state index is 0.0323. The van der Waals surface area contributed by atoms with Gasteiger partial charge in [-0.2, -0.15) is 0 Å². The Morgan fingerprint density at radius 1 is 1.23 bits per heavy atom. The van der Waals surface area contributed by atoms with Gasteiger partial charge in [0.1, 0.15) is 5.84 Å². The number of aliphatic imine (C=N–C) groups is 1. The molecule has 30 heavy (non-hydrogen) atoms. The van der Waals surface area contributed by atoms with E-state index < -0.39 is 10.0 Å². The molecule has 0 aliphatic carbocycles. The molecule has 158 valence electrons. The van der Waals surface area contributed by atoms with Crippen LogP contribution in [0.2, 0.25) is 0 Å².